The molecule has 1 aromatic rings. The van der Waals surface area contributed by atoms with Crippen LogP contribution in [0.3, 0.4) is 0 Å². The number of H-pyrrole nitrogens is 1. The van der Waals surface area contributed by atoms with Crippen molar-refractivity contribution in [3.63, 3.8) is 0 Å². The second-order valence-electron chi connectivity index (χ2n) is 8.09. The summed E-state index contributed by atoms with van der Waals surface area (Å²) in [4.78, 5) is 62.4. The van der Waals surface area contributed by atoms with Crippen LogP contribution < -0.4 is 11.2 Å². The first-order valence-corrected chi connectivity index (χ1v) is 15.2. The molecule has 206 valence electrons. The zero-order valence-electron chi connectivity index (χ0n) is 18.9. The zero-order chi connectivity index (χ0) is 26.7. The van der Waals surface area contributed by atoms with E-state index in [0.717, 1.165) is 23.8 Å². The van der Waals surface area contributed by atoms with Crippen LogP contribution in [0.15, 0.2) is 15.8 Å². The maximum Gasteiger partial charge on any atom is 0.490 e. The number of hydrogen-bond donors (Lipinski definition) is 5. The van der Waals surface area contributed by atoms with Crippen molar-refractivity contribution in [1.29, 1.82) is 0 Å². The van der Waals surface area contributed by atoms with Crippen molar-refractivity contribution in [2.24, 2.45) is 0 Å². The minimum absolute atomic E-state index is 0.0581. The quantitative estimate of drug-likeness (QED) is 0.223. The lowest BCUT2D eigenvalue weighted by molar-refractivity contribution is -0.0925. The maximum absolute atomic E-state index is 12.3. The topological polar surface area (TPSA) is 242 Å². The summed E-state index contributed by atoms with van der Waals surface area (Å²) in [5.41, 5.74) is -1.12. The first-order valence-electron chi connectivity index (χ1n) is 10.6. The summed E-state index contributed by atoms with van der Waals surface area (Å²) in [5.74, 6) is 0. The van der Waals surface area contributed by atoms with Crippen molar-refractivity contribution < 1.29 is 60.6 Å². The Labute approximate surface area is 203 Å². The highest BCUT2D eigenvalue weighted by Gasteiger charge is 2.43. The third kappa shape index (κ3) is 8.77. The van der Waals surface area contributed by atoms with Gasteiger partial charge in [-0.1, -0.05) is 0 Å². The van der Waals surface area contributed by atoms with Crippen LogP contribution in [-0.2, 0) is 41.1 Å². The lowest BCUT2D eigenvalue weighted by Crippen LogP contribution is -2.33. The summed E-state index contributed by atoms with van der Waals surface area (Å²) in [5, 5.41) is 0. The van der Waals surface area contributed by atoms with Gasteiger partial charge in [-0.3, -0.25) is 18.9 Å². The van der Waals surface area contributed by atoms with E-state index in [9.17, 15) is 33.1 Å². The van der Waals surface area contributed by atoms with E-state index in [2.05, 4.69) is 18.1 Å². The number of ether oxygens (including phenoxy) is 3. The van der Waals surface area contributed by atoms with Crippen LogP contribution in [0.1, 0.15) is 37.5 Å². The Kier molecular flexibility index (Phi) is 9.67. The molecular formula is C16H27N2O15P3. The fourth-order valence-electron chi connectivity index (χ4n) is 3.64. The van der Waals surface area contributed by atoms with Crippen LogP contribution in [-0.4, -0.2) is 67.3 Å². The highest BCUT2D eigenvalue weighted by Crippen LogP contribution is 2.66. The largest absolute Gasteiger partial charge is 0.490 e. The lowest BCUT2D eigenvalue weighted by atomic mass is 10.1. The molecule has 0 spiro atoms. The van der Waals surface area contributed by atoms with Gasteiger partial charge in [-0.15, -0.1) is 0 Å². The molecule has 0 bridgehead atoms. The van der Waals surface area contributed by atoms with Crippen LogP contribution in [0.25, 0.3) is 0 Å². The number of aromatic nitrogens is 2. The predicted octanol–water partition coefficient (Wildman–Crippen LogP) is 0.430. The number of aromatic amines is 1. The Morgan fingerprint density at radius 1 is 1.08 bits per heavy atom. The smallest absolute Gasteiger partial charge is 0.376 e. The molecule has 3 heterocycles. The summed E-state index contributed by atoms with van der Waals surface area (Å²) in [6, 6.07) is 0. The van der Waals surface area contributed by atoms with Gasteiger partial charge in [0.25, 0.3) is 5.56 Å². The van der Waals surface area contributed by atoms with Crippen molar-refractivity contribution in [3.8, 4) is 0 Å². The van der Waals surface area contributed by atoms with Crippen molar-refractivity contribution in [1.82, 2.24) is 9.55 Å². The Balaban J connectivity index is 1.71. The molecule has 2 aliphatic rings. The third-order valence-corrected chi connectivity index (χ3v) is 9.03. The van der Waals surface area contributed by atoms with E-state index in [1.807, 2.05) is 0 Å². The van der Waals surface area contributed by atoms with Gasteiger partial charge in [0.05, 0.1) is 25.4 Å². The molecule has 0 aromatic carbocycles. The van der Waals surface area contributed by atoms with Crippen LogP contribution >= 0.6 is 23.5 Å². The molecule has 0 saturated carbocycles. The molecule has 1 aromatic heterocycles. The van der Waals surface area contributed by atoms with E-state index in [4.69, 9.17) is 24.0 Å². The average molecular weight is 580 g/mol. The number of hydrogen-bond acceptors (Lipinski definition) is 11. The van der Waals surface area contributed by atoms with Crippen molar-refractivity contribution >= 4 is 23.5 Å². The molecule has 5 N–H and O–H groups in total. The van der Waals surface area contributed by atoms with Gasteiger partial charge in [0.1, 0.15) is 12.3 Å². The molecule has 2 fully saturated rings. The summed E-state index contributed by atoms with van der Waals surface area (Å²) in [7, 11) is -16.6. The van der Waals surface area contributed by atoms with E-state index in [-0.39, 0.29) is 24.7 Å². The van der Waals surface area contributed by atoms with E-state index in [1.165, 1.54) is 13.1 Å². The second kappa shape index (κ2) is 11.8. The number of nitrogens with zero attached hydrogens (tertiary/aromatic N) is 1. The molecule has 6 atom stereocenters. The molecule has 2 aliphatic heterocycles. The van der Waals surface area contributed by atoms with Crippen LogP contribution in [0.4, 0.5) is 0 Å². The Morgan fingerprint density at radius 2 is 1.81 bits per heavy atom. The molecule has 17 nitrogen and oxygen atoms in total. The summed E-state index contributed by atoms with van der Waals surface area (Å²) < 4.78 is 64.8. The predicted molar refractivity (Wildman–Crippen MR) is 118 cm³/mol. The Hall–Kier alpha value is -1.03. The fraction of sp³-hybridized carbons (Fsp3) is 0.750. The summed E-state index contributed by atoms with van der Waals surface area (Å²) in [6.07, 6.45) is 0.855. The molecule has 0 aliphatic carbocycles. The minimum Gasteiger partial charge on any atom is -0.376 e. The highest BCUT2D eigenvalue weighted by molar-refractivity contribution is 7.66. The maximum atomic E-state index is 12.3. The van der Waals surface area contributed by atoms with E-state index in [1.54, 1.807) is 0 Å². The van der Waals surface area contributed by atoms with Gasteiger partial charge < -0.3 is 33.8 Å². The molecule has 3 rings (SSSR count). The number of phosphoric ester groups is 1. The van der Waals surface area contributed by atoms with Gasteiger partial charge in [0, 0.05) is 24.8 Å². The monoisotopic (exact) mass is 580 g/mol. The number of phosphoric acid groups is 3. The van der Waals surface area contributed by atoms with Crippen LogP contribution in [0, 0.1) is 6.92 Å². The lowest BCUT2D eigenvalue weighted by Gasteiger charge is -2.25. The molecular weight excluding hydrogens is 553 g/mol. The van der Waals surface area contributed by atoms with Gasteiger partial charge in [-0.05, 0) is 26.2 Å². The molecule has 0 radical (unpaired) electrons. The summed E-state index contributed by atoms with van der Waals surface area (Å²) >= 11 is 0. The molecule has 36 heavy (non-hydrogen) atoms. The number of aryl methyl sites for hydroxylation is 1. The van der Waals surface area contributed by atoms with E-state index in [0.29, 0.717) is 6.61 Å². The molecule has 2 saturated heterocycles. The Bertz CT molecular complexity index is 1170. The highest BCUT2D eigenvalue weighted by atomic mass is 31.3. The van der Waals surface area contributed by atoms with Crippen molar-refractivity contribution in [3.05, 3.63) is 32.6 Å². The average Bonchev–Trinajstić information content (AvgIpc) is 3.14. The minimum atomic E-state index is -5.69. The van der Waals surface area contributed by atoms with Crippen LogP contribution in [0.5, 0.6) is 0 Å². The standard InChI is InChI=1S/C16H27N2O15P3/c1-10-7-18(16(20)17-15(10)19)14-6-12(29-8-11-4-2-3-5-28-11)13(31-14)9-30-35(24,25)33-36(26,27)32-34(21,22)23/h7,11-14H,2-6,8-9H2,1H3,(H,24,25)(H,26,27)(H,17,19,20)(H2,21,22,23)/t11?,12?,13-,14-/m1/s1. The number of rotatable bonds is 11. The number of nitrogens with one attached hydrogen (secondary N) is 1. The fourth-order valence-corrected chi connectivity index (χ4v) is 6.67. The first-order chi connectivity index (χ1) is 16.6. The van der Waals surface area contributed by atoms with Crippen molar-refractivity contribution in [2.75, 3.05) is 19.8 Å². The first kappa shape index (κ1) is 29.5. The molecule has 4 unspecified atom stereocenters. The molecule has 20 heteroatoms. The molecule has 0 amide bonds. The van der Waals surface area contributed by atoms with Gasteiger partial charge in [-0.25, -0.2) is 18.5 Å². The van der Waals surface area contributed by atoms with Gasteiger partial charge in [0.15, 0.2) is 0 Å². The SMILES string of the molecule is Cc1cn([C@H]2CC(OCC3CCCCO3)[C@@H](COP(=O)(O)OP(=O)(O)OP(=O)(O)O)O2)c(=O)[nH]c1=O. The van der Waals surface area contributed by atoms with Crippen LogP contribution in [0.2, 0.25) is 0 Å². The third-order valence-electron chi connectivity index (χ3n) is 5.22. The summed E-state index contributed by atoms with van der Waals surface area (Å²) in [6.45, 7) is 1.43. The van der Waals surface area contributed by atoms with Gasteiger partial charge in [0.2, 0.25) is 0 Å². The van der Waals surface area contributed by atoms with E-state index < -0.39 is 59.8 Å². The van der Waals surface area contributed by atoms with Crippen molar-refractivity contribution in [2.45, 2.75) is 57.1 Å². The second-order valence-corrected chi connectivity index (χ2v) is 12.5. The zero-order valence-corrected chi connectivity index (χ0v) is 21.6. The van der Waals surface area contributed by atoms with Gasteiger partial charge >= 0.3 is 29.2 Å². The van der Waals surface area contributed by atoms with Gasteiger partial charge in [-0.2, -0.15) is 8.62 Å². The Morgan fingerprint density at radius 3 is 2.44 bits per heavy atom. The normalized spacial score (nSPS) is 28.5. The van der Waals surface area contributed by atoms with E-state index >= 15 is 0 Å².